The van der Waals surface area contributed by atoms with Gasteiger partial charge in [0.1, 0.15) is 5.82 Å². The highest BCUT2D eigenvalue weighted by molar-refractivity contribution is 6.62. The van der Waals surface area contributed by atoms with Gasteiger partial charge in [0.15, 0.2) is 0 Å². The normalized spacial score (nSPS) is 10.0. The Balaban J connectivity index is 3.35. The molecule has 3 N–H and O–H groups in total. The molecule has 0 saturated carbocycles. The molecule has 0 bridgehead atoms. The van der Waals surface area contributed by atoms with Gasteiger partial charge in [0.25, 0.3) is 0 Å². The highest BCUT2D eigenvalue weighted by Gasteiger charge is 2.21. The smallest absolute Gasteiger partial charge is 0.478 e. The van der Waals surface area contributed by atoms with Crippen molar-refractivity contribution in [3.05, 3.63) is 28.5 Å². The van der Waals surface area contributed by atoms with E-state index < -0.39 is 29.5 Å². The highest BCUT2D eigenvalue weighted by Crippen LogP contribution is 2.14. The van der Waals surface area contributed by atoms with Crippen molar-refractivity contribution < 1.29 is 24.3 Å². The summed E-state index contributed by atoms with van der Waals surface area (Å²) in [6.07, 6.45) is 0. The van der Waals surface area contributed by atoms with Crippen LogP contribution in [-0.4, -0.2) is 28.2 Å². The van der Waals surface area contributed by atoms with E-state index in [0.29, 0.717) is 6.07 Å². The number of rotatable bonds is 2. The first-order chi connectivity index (χ1) is 6.43. The summed E-state index contributed by atoms with van der Waals surface area (Å²) >= 11 is 5.38. The second-order valence-electron chi connectivity index (χ2n) is 2.54. The minimum absolute atomic E-state index is 0.371. The lowest BCUT2D eigenvalue weighted by atomic mass is 9.79. The molecule has 0 amide bonds. The Morgan fingerprint density at radius 1 is 1.43 bits per heavy atom. The Bertz CT molecular complexity index is 382. The topological polar surface area (TPSA) is 77.8 Å². The van der Waals surface area contributed by atoms with Gasteiger partial charge >= 0.3 is 13.1 Å². The average Bonchev–Trinajstić information content (AvgIpc) is 2.08. The number of benzene rings is 1. The van der Waals surface area contributed by atoms with Crippen LogP contribution in [0.3, 0.4) is 0 Å². The maximum Gasteiger partial charge on any atom is 0.490 e. The Kier molecular flexibility index (Phi) is 3.10. The predicted molar refractivity (Wildman–Crippen MR) is 48.2 cm³/mol. The Morgan fingerprint density at radius 2 is 2.00 bits per heavy atom. The van der Waals surface area contributed by atoms with Gasteiger partial charge in [-0.1, -0.05) is 11.6 Å². The number of hydrogen-bond donors (Lipinski definition) is 3. The van der Waals surface area contributed by atoms with E-state index >= 15 is 0 Å². The molecule has 0 aliphatic rings. The van der Waals surface area contributed by atoms with Crippen LogP contribution in [0.4, 0.5) is 4.39 Å². The largest absolute Gasteiger partial charge is 0.490 e. The second-order valence-corrected chi connectivity index (χ2v) is 2.92. The van der Waals surface area contributed by atoms with Gasteiger partial charge in [-0.05, 0) is 12.1 Å². The van der Waals surface area contributed by atoms with E-state index in [0.717, 1.165) is 6.07 Å². The molecule has 0 aromatic heterocycles. The Morgan fingerprint density at radius 3 is 2.43 bits per heavy atom. The molecule has 0 heterocycles. The number of halogens is 2. The van der Waals surface area contributed by atoms with Crippen LogP contribution in [0.15, 0.2) is 12.1 Å². The van der Waals surface area contributed by atoms with E-state index in [-0.39, 0.29) is 5.46 Å². The molecule has 14 heavy (non-hydrogen) atoms. The molecular formula is C7H5BClFO4. The van der Waals surface area contributed by atoms with Crippen LogP contribution in [0, 0.1) is 5.82 Å². The molecule has 0 aliphatic heterocycles. The molecule has 0 aliphatic carbocycles. The van der Waals surface area contributed by atoms with Gasteiger partial charge in [-0.15, -0.1) is 0 Å². The molecule has 0 radical (unpaired) electrons. The fourth-order valence-electron chi connectivity index (χ4n) is 0.922. The first-order valence-corrected chi connectivity index (χ1v) is 3.89. The monoisotopic (exact) mass is 218 g/mol. The summed E-state index contributed by atoms with van der Waals surface area (Å²) in [7, 11) is -2.00. The van der Waals surface area contributed by atoms with Crippen molar-refractivity contribution in [2.24, 2.45) is 0 Å². The lowest BCUT2D eigenvalue weighted by molar-refractivity contribution is 0.0696. The molecule has 74 valence electrons. The summed E-state index contributed by atoms with van der Waals surface area (Å²) < 4.78 is 12.9. The van der Waals surface area contributed by atoms with Gasteiger partial charge in [-0.3, -0.25) is 0 Å². The molecule has 1 rings (SSSR count). The van der Waals surface area contributed by atoms with Crippen LogP contribution in [0.1, 0.15) is 10.4 Å². The summed E-state index contributed by atoms with van der Waals surface area (Å²) in [6.45, 7) is 0. The molecule has 0 saturated heterocycles. The quantitative estimate of drug-likeness (QED) is 0.604. The van der Waals surface area contributed by atoms with Crippen LogP contribution in [0.5, 0.6) is 0 Å². The first kappa shape index (κ1) is 11.0. The average molecular weight is 218 g/mol. The van der Waals surface area contributed by atoms with Crippen molar-refractivity contribution in [2.45, 2.75) is 0 Å². The maximum atomic E-state index is 12.9. The molecule has 0 atom stereocenters. The van der Waals surface area contributed by atoms with Gasteiger partial charge in [-0.25, -0.2) is 9.18 Å². The Labute approximate surface area is 83.7 Å². The van der Waals surface area contributed by atoms with Gasteiger partial charge in [0.05, 0.1) is 10.6 Å². The van der Waals surface area contributed by atoms with Gasteiger partial charge < -0.3 is 15.2 Å². The van der Waals surface area contributed by atoms with Gasteiger partial charge in [-0.2, -0.15) is 0 Å². The lowest BCUT2D eigenvalue weighted by Gasteiger charge is -2.05. The van der Waals surface area contributed by atoms with Gasteiger partial charge in [0, 0.05) is 5.46 Å². The summed E-state index contributed by atoms with van der Waals surface area (Å²) in [5, 5.41) is 25.5. The third-order valence-corrected chi connectivity index (χ3v) is 1.98. The molecular weight excluding hydrogens is 213 g/mol. The lowest BCUT2D eigenvalue weighted by Crippen LogP contribution is -2.32. The van der Waals surface area contributed by atoms with Crippen molar-refractivity contribution in [2.75, 3.05) is 0 Å². The molecule has 0 unspecified atom stereocenters. The summed E-state index contributed by atoms with van der Waals surface area (Å²) in [6, 6.07) is 1.61. The number of carboxylic acid groups (broad SMARTS) is 1. The summed E-state index contributed by atoms with van der Waals surface area (Å²) in [5.41, 5.74) is -0.765. The number of hydrogen-bond acceptors (Lipinski definition) is 3. The number of carboxylic acids is 1. The second kappa shape index (κ2) is 3.95. The fourth-order valence-corrected chi connectivity index (χ4v) is 1.13. The summed E-state index contributed by atoms with van der Waals surface area (Å²) in [4.78, 5) is 10.5. The SMILES string of the molecule is O=C(O)c1cc(F)c(Cl)c(B(O)O)c1. The van der Waals surface area contributed by atoms with Gasteiger partial charge in [0.2, 0.25) is 0 Å². The maximum absolute atomic E-state index is 12.9. The zero-order chi connectivity index (χ0) is 10.9. The zero-order valence-corrected chi connectivity index (χ0v) is 7.49. The zero-order valence-electron chi connectivity index (χ0n) is 6.74. The number of aromatic carboxylic acids is 1. The molecule has 7 heteroatoms. The van der Waals surface area contributed by atoms with Crippen LogP contribution >= 0.6 is 11.6 Å². The van der Waals surface area contributed by atoms with Crippen molar-refractivity contribution >= 4 is 30.2 Å². The van der Waals surface area contributed by atoms with Crippen molar-refractivity contribution in [1.82, 2.24) is 0 Å². The van der Waals surface area contributed by atoms with E-state index in [2.05, 4.69) is 0 Å². The van der Waals surface area contributed by atoms with Crippen molar-refractivity contribution in [1.29, 1.82) is 0 Å². The highest BCUT2D eigenvalue weighted by atomic mass is 35.5. The van der Waals surface area contributed by atoms with Crippen molar-refractivity contribution in [3.8, 4) is 0 Å². The number of carbonyl (C=O) groups is 1. The van der Waals surface area contributed by atoms with Crippen LogP contribution in [0.2, 0.25) is 5.02 Å². The molecule has 0 spiro atoms. The van der Waals surface area contributed by atoms with E-state index in [1.807, 2.05) is 0 Å². The minimum Gasteiger partial charge on any atom is -0.478 e. The van der Waals surface area contributed by atoms with Crippen LogP contribution in [-0.2, 0) is 0 Å². The molecule has 1 aromatic carbocycles. The molecule has 0 fully saturated rings. The summed E-state index contributed by atoms with van der Waals surface area (Å²) in [5.74, 6) is -2.38. The van der Waals surface area contributed by atoms with Crippen LogP contribution < -0.4 is 5.46 Å². The van der Waals surface area contributed by atoms with E-state index in [4.69, 9.17) is 26.8 Å². The van der Waals surface area contributed by atoms with E-state index in [9.17, 15) is 9.18 Å². The van der Waals surface area contributed by atoms with Crippen molar-refractivity contribution in [3.63, 3.8) is 0 Å². The standard InChI is InChI=1S/C7H5BClFO4/c9-6-4(8(13)14)1-3(7(11)12)2-5(6)10/h1-2,13-14H,(H,11,12). The molecule has 1 aromatic rings. The van der Waals surface area contributed by atoms with Crippen LogP contribution in [0.25, 0.3) is 0 Å². The Hall–Kier alpha value is -1.11. The molecule has 4 nitrogen and oxygen atoms in total. The minimum atomic E-state index is -2.00. The third kappa shape index (κ3) is 2.04. The van der Waals surface area contributed by atoms with E-state index in [1.54, 1.807) is 0 Å². The van der Waals surface area contributed by atoms with E-state index in [1.165, 1.54) is 0 Å². The fraction of sp³-hybridized carbons (Fsp3) is 0. The first-order valence-electron chi connectivity index (χ1n) is 3.52. The predicted octanol–water partition coefficient (Wildman–Crippen LogP) is -0.143. The third-order valence-electron chi connectivity index (χ3n) is 1.58.